The zero-order valence-electron chi connectivity index (χ0n) is 8.34. The molecule has 0 radical (unpaired) electrons. The third-order valence-corrected chi connectivity index (χ3v) is 3.01. The number of rotatable bonds is 5. The molecule has 0 saturated carbocycles. The van der Waals surface area contributed by atoms with Gasteiger partial charge in [0.1, 0.15) is 5.75 Å². The summed E-state index contributed by atoms with van der Waals surface area (Å²) in [6.07, 6.45) is 0. The van der Waals surface area contributed by atoms with Crippen LogP contribution < -0.4 is 10.1 Å². The quantitative estimate of drug-likeness (QED) is 0.622. The van der Waals surface area contributed by atoms with E-state index in [-0.39, 0.29) is 0 Å². The SMILES string of the molecule is CNCCSc1cc(Cl)ccc1OC. The smallest absolute Gasteiger partial charge is 0.132 e. The predicted octanol–water partition coefficient (Wildman–Crippen LogP) is 2.66. The van der Waals surface area contributed by atoms with Gasteiger partial charge >= 0.3 is 0 Å². The van der Waals surface area contributed by atoms with Gasteiger partial charge in [0.15, 0.2) is 0 Å². The highest BCUT2D eigenvalue weighted by atomic mass is 35.5. The maximum atomic E-state index is 5.90. The molecule has 0 aliphatic carbocycles. The van der Waals surface area contributed by atoms with E-state index in [9.17, 15) is 0 Å². The van der Waals surface area contributed by atoms with Crippen molar-refractivity contribution in [2.24, 2.45) is 0 Å². The first-order valence-electron chi connectivity index (χ1n) is 4.39. The lowest BCUT2D eigenvalue weighted by molar-refractivity contribution is 0.405. The van der Waals surface area contributed by atoms with Crippen LogP contribution in [0.15, 0.2) is 23.1 Å². The van der Waals surface area contributed by atoms with E-state index in [1.807, 2.05) is 25.2 Å². The zero-order chi connectivity index (χ0) is 10.4. The molecular formula is C10H14ClNOS. The van der Waals surface area contributed by atoms with Crippen molar-refractivity contribution in [3.63, 3.8) is 0 Å². The van der Waals surface area contributed by atoms with E-state index in [1.165, 1.54) is 0 Å². The summed E-state index contributed by atoms with van der Waals surface area (Å²) in [5.74, 6) is 1.89. The van der Waals surface area contributed by atoms with E-state index in [0.717, 1.165) is 28.0 Å². The molecule has 1 rings (SSSR count). The molecule has 1 aromatic rings. The fourth-order valence-electron chi connectivity index (χ4n) is 1.03. The van der Waals surface area contributed by atoms with Gasteiger partial charge in [-0.15, -0.1) is 11.8 Å². The zero-order valence-corrected chi connectivity index (χ0v) is 9.91. The fraction of sp³-hybridized carbons (Fsp3) is 0.400. The number of benzene rings is 1. The van der Waals surface area contributed by atoms with Crippen LogP contribution in [0.2, 0.25) is 5.02 Å². The third-order valence-electron chi connectivity index (χ3n) is 1.74. The summed E-state index contributed by atoms with van der Waals surface area (Å²) >= 11 is 7.64. The first-order valence-corrected chi connectivity index (χ1v) is 5.75. The standard InChI is InChI=1S/C10H14ClNOS/c1-12-5-6-14-10-7-8(11)3-4-9(10)13-2/h3-4,7,12H,5-6H2,1-2H3. The molecule has 0 fully saturated rings. The lowest BCUT2D eigenvalue weighted by atomic mass is 10.3. The van der Waals surface area contributed by atoms with Crippen LogP contribution in [-0.4, -0.2) is 26.5 Å². The first-order chi connectivity index (χ1) is 6.77. The molecule has 78 valence electrons. The van der Waals surface area contributed by atoms with Crippen LogP contribution in [0.25, 0.3) is 0 Å². The van der Waals surface area contributed by atoms with Crippen LogP contribution in [-0.2, 0) is 0 Å². The largest absolute Gasteiger partial charge is 0.496 e. The van der Waals surface area contributed by atoms with E-state index in [2.05, 4.69) is 5.32 Å². The second-order valence-corrected chi connectivity index (χ2v) is 4.32. The third kappa shape index (κ3) is 3.40. The molecule has 0 unspecified atom stereocenters. The summed E-state index contributed by atoms with van der Waals surface area (Å²) in [5.41, 5.74) is 0. The minimum absolute atomic E-state index is 0.748. The molecule has 0 saturated heterocycles. The lowest BCUT2D eigenvalue weighted by Crippen LogP contribution is -2.09. The number of hydrogen-bond acceptors (Lipinski definition) is 3. The van der Waals surface area contributed by atoms with Gasteiger partial charge in [0.05, 0.1) is 12.0 Å². The Kier molecular flexibility index (Phi) is 5.15. The van der Waals surface area contributed by atoms with Gasteiger partial charge in [-0.25, -0.2) is 0 Å². The normalized spacial score (nSPS) is 10.2. The van der Waals surface area contributed by atoms with Crippen LogP contribution in [0.5, 0.6) is 5.75 Å². The van der Waals surface area contributed by atoms with Crippen molar-refractivity contribution in [3.8, 4) is 5.75 Å². The Hall–Kier alpha value is -0.380. The number of methoxy groups -OCH3 is 1. The molecule has 1 aromatic carbocycles. The molecule has 0 atom stereocenters. The van der Waals surface area contributed by atoms with Crippen molar-refractivity contribution in [1.82, 2.24) is 5.32 Å². The second-order valence-electron chi connectivity index (χ2n) is 2.75. The van der Waals surface area contributed by atoms with Gasteiger partial charge in [0.25, 0.3) is 0 Å². The first kappa shape index (κ1) is 11.7. The molecule has 0 heterocycles. The van der Waals surface area contributed by atoms with Gasteiger partial charge in [-0.05, 0) is 25.2 Å². The van der Waals surface area contributed by atoms with Crippen molar-refractivity contribution in [3.05, 3.63) is 23.2 Å². The van der Waals surface area contributed by atoms with Crippen LogP contribution in [0.1, 0.15) is 0 Å². The van der Waals surface area contributed by atoms with E-state index >= 15 is 0 Å². The molecule has 0 amide bonds. The minimum atomic E-state index is 0.748. The van der Waals surface area contributed by atoms with Crippen LogP contribution in [0.4, 0.5) is 0 Å². The molecule has 4 heteroatoms. The summed E-state index contributed by atoms with van der Waals surface area (Å²) in [6.45, 7) is 0.973. The molecule has 1 N–H and O–H groups in total. The number of halogens is 1. The highest BCUT2D eigenvalue weighted by Gasteiger charge is 2.03. The summed E-state index contributed by atoms with van der Waals surface area (Å²) in [7, 11) is 3.61. The molecule has 2 nitrogen and oxygen atoms in total. The van der Waals surface area contributed by atoms with Crippen molar-refractivity contribution in [1.29, 1.82) is 0 Å². The highest BCUT2D eigenvalue weighted by Crippen LogP contribution is 2.31. The summed E-state index contributed by atoms with van der Waals surface area (Å²) in [4.78, 5) is 1.09. The Labute approximate surface area is 94.0 Å². The number of nitrogens with one attached hydrogen (secondary N) is 1. The summed E-state index contributed by atoms with van der Waals surface area (Å²) in [6, 6.07) is 5.66. The van der Waals surface area contributed by atoms with E-state index in [4.69, 9.17) is 16.3 Å². The van der Waals surface area contributed by atoms with Crippen molar-refractivity contribution in [2.75, 3.05) is 26.5 Å². The van der Waals surface area contributed by atoms with Crippen LogP contribution >= 0.6 is 23.4 Å². The number of thioether (sulfide) groups is 1. The maximum absolute atomic E-state index is 5.90. The highest BCUT2D eigenvalue weighted by molar-refractivity contribution is 7.99. The summed E-state index contributed by atoms with van der Waals surface area (Å²) < 4.78 is 5.23. The Morgan fingerprint density at radius 2 is 2.29 bits per heavy atom. The van der Waals surface area contributed by atoms with E-state index in [0.29, 0.717) is 0 Å². The van der Waals surface area contributed by atoms with Gasteiger partial charge in [0, 0.05) is 17.3 Å². The van der Waals surface area contributed by atoms with Gasteiger partial charge in [-0.3, -0.25) is 0 Å². The molecule has 0 aliphatic rings. The second kappa shape index (κ2) is 6.17. The topological polar surface area (TPSA) is 21.3 Å². The van der Waals surface area contributed by atoms with Crippen molar-refractivity contribution in [2.45, 2.75) is 4.90 Å². The maximum Gasteiger partial charge on any atom is 0.132 e. The van der Waals surface area contributed by atoms with Gasteiger partial charge < -0.3 is 10.1 Å². The fourth-order valence-corrected chi connectivity index (χ4v) is 2.29. The van der Waals surface area contributed by atoms with Gasteiger partial charge in [0.2, 0.25) is 0 Å². The van der Waals surface area contributed by atoms with Gasteiger partial charge in [-0.2, -0.15) is 0 Å². The molecular weight excluding hydrogens is 218 g/mol. The average Bonchev–Trinajstić information content (AvgIpc) is 2.19. The lowest BCUT2D eigenvalue weighted by Gasteiger charge is -2.07. The Bertz CT molecular complexity index is 293. The van der Waals surface area contributed by atoms with Crippen molar-refractivity contribution >= 4 is 23.4 Å². The molecule has 0 bridgehead atoms. The van der Waals surface area contributed by atoms with Crippen LogP contribution in [0.3, 0.4) is 0 Å². The minimum Gasteiger partial charge on any atom is -0.496 e. The Balaban J connectivity index is 2.67. The monoisotopic (exact) mass is 231 g/mol. The average molecular weight is 232 g/mol. The molecule has 0 spiro atoms. The van der Waals surface area contributed by atoms with E-state index in [1.54, 1.807) is 18.9 Å². The molecule has 0 aliphatic heterocycles. The Morgan fingerprint density at radius 1 is 1.50 bits per heavy atom. The molecule has 0 aromatic heterocycles. The number of hydrogen-bond donors (Lipinski definition) is 1. The predicted molar refractivity (Wildman–Crippen MR) is 62.7 cm³/mol. The van der Waals surface area contributed by atoms with Gasteiger partial charge in [-0.1, -0.05) is 11.6 Å². The van der Waals surface area contributed by atoms with Crippen molar-refractivity contribution < 1.29 is 4.74 Å². The van der Waals surface area contributed by atoms with E-state index < -0.39 is 0 Å². The Morgan fingerprint density at radius 3 is 2.93 bits per heavy atom. The molecule has 14 heavy (non-hydrogen) atoms. The van der Waals surface area contributed by atoms with Crippen LogP contribution in [0, 0.1) is 0 Å². The summed E-state index contributed by atoms with van der Waals surface area (Å²) in [5, 5.41) is 3.84. The number of ether oxygens (including phenoxy) is 1.